The third-order valence-electron chi connectivity index (χ3n) is 1.89. The second kappa shape index (κ2) is 3.29. The predicted octanol–water partition coefficient (Wildman–Crippen LogP) is 2.74. The van der Waals surface area contributed by atoms with E-state index in [9.17, 15) is 0 Å². The molecule has 0 saturated carbocycles. The number of rotatable bonds is 1. The van der Waals surface area contributed by atoms with Crippen LogP contribution in [0.2, 0.25) is 0 Å². The fourth-order valence-electron chi connectivity index (χ4n) is 1.34. The Labute approximate surface area is 88.1 Å². The molecule has 0 aliphatic carbocycles. The summed E-state index contributed by atoms with van der Waals surface area (Å²) < 4.78 is 2.17. The molecule has 2 nitrogen and oxygen atoms in total. The van der Waals surface area contributed by atoms with Crippen molar-refractivity contribution in [2.45, 2.75) is 6.61 Å². The number of halogens is 1. The van der Waals surface area contributed by atoms with Crippen molar-refractivity contribution in [3.63, 3.8) is 0 Å². The van der Waals surface area contributed by atoms with Crippen molar-refractivity contribution in [3.8, 4) is 0 Å². The van der Waals surface area contributed by atoms with Crippen LogP contribution in [0.3, 0.4) is 0 Å². The van der Waals surface area contributed by atoms with Gasteiger partial charge in [0.1, 0.15) is 0 Å². The molecule has 0 atom stereocenters. The van der Waals surface area contributed by atoms with Gasteiger partial charge in [0.25, 0.3) is 0 Å². The van der Waals surface area contributed by atoms with E-state index in [0.29, 0.717) is 5.69 Å². The normalized spacial score (nSPS) is 10.9. The molecule has 0 aliphatic heterocycles. The van der Waals surface area contributed by atoms with Gasteiger partial charge in [-0.15, -0.1) is 11.3 Å². The molecule has 3 N–H and O–H groups in total. The van der Waals surface area contributed by atoms with Crippen molar-refractivity contribution in [1.29, 1.82) is 0 Å². The number of benzene rings is 1. The fraction of sp³-hybridized carbons (Fsp3) is 0.111. The summed E-state index contributed by atoms with van der Waals surface area (Å²) in [6.07, 6.45) is 0. The first-order valence-corrected chi connectivity index (χ1v) is 5.40. The minimum atomic E-state index is 0.0325. The van der Waals surface area contributed by atoms with Crippen LogP contribution in [0.5, 0.6) is 0 Å². The van der Waals surface area contributed by atoms with Gasteiger partial charge < -0.3 is 10.8 Å². The third-order valence-corrected chi connectivity index (χ3v) is 3.47. The van der Waals surface area contributed by atoms with E-state index in [2.05, 4.69) is 15.9 Å². The van der Waals surface area contributed by atoms with Crippen LogP contribution in [-0.4, -0.2) is 5.11 Å². The smallest absolute Gasteiger partial charge is 0.0711 e. The van der Waals surface area contributed by atoms with Gasteiger partial charge in [0.15, 0.2) is 0 Å². The van der Waals surface area contributed by atoms with Crippen molar-refractivity contribution < 1.29 is 5.11 Å². The molecule has 1 aromatic carbocycles. The molecule has 1 heterocycles. The summed E-state index contributed by atoms with van der Waals surface area (Å²) in [5.74, 6) is 0. The monoisotopic (exact) mass is 257 g/mol. The molecular formula is C9H8BrNOS. The summed E-state index contributed by atoms with van der Waals surface area (Å²) in [5.41, 5.74) is 7.28. The Hall–Kier alpha value is -0.580. The Morgan fingerprint density at radius 3 is 2.85 bits per heavy atom. The SMILES string of the molecule is Nc1cc(CO)c2cc(Br)sc2c1. The van der Waals surface area contributed by atoms with E-state index in [-0.39, 0.29) is 6.61 Å². The first kappa shape index (κ1) is 8.99. The molecule has 0 spiro atoms. The lowest BCUT2D eigenvalue weighted by Crippen LogP contribution is -1.88. The zero-order chi connectivity index (χ0) is 9.42. The lowest BCUT2D eigenvalue weighted by Gasteiger charge is -2.00. The minimum Gasteiger partial charge on any atom is -0.399 e. The largest absolute Gasteiger partial charge is 0.399 e. The summed E-state index contributed by atoms with van der Waals surface area (Å²) in [7, 11) is 0. The fourth-order valence-corrected chi connectivity index (χ4v) is 2.97. The van der Waals surface area contributed by atoms with Crippen LogP contribution < -0.4 is 5.73 Å². The summed E-state index contributed by atoms with van der Waals surface area (Å²) in [4.78, 5) is 0. The maximum Gasteiger partial charge on any atom is 0.0711 e. The zero-order valence-electron chi connectivity index (χ0n) is 6.75. The molecule has 2 rings (SSSR count). The van der Waals surface area contributed by atoms with Crippen molar-refractivity contribution in [2.75, 3.05) is 5.73 Å². The molecule has 4 heteroatoms. The van der Waals surface area contributed by atoms with Gasteiger partial charge in [-0.1, -0.05) is 0 Å². The molecule has 0 amide bonds. The lowest BCUT2D eigenvalue weighted by molar-refractivity contribution is 0.283. The Morgan fingerprint density at radius 2 is 2.15 bits per heavy atom. The number of hydrogen-bond acceptors (Lipinski definition) is 3. The van der Waals surface area contributed by atoms with Crippen LogP contribution >= 0.6 is 27.3 Å². The van der Waals surface area contributed by atoms with Gasteiger partial charge >= 0.3 is 0 Å². The van der Waals surface area contributed by atoms with Crippen LogP contribution in [0.4, 0.5) is 5.69 Å². The van der Waals surface area contributed by atoms with Crippen LogP contribution in [0.15, 0.2) is 22.0 Å². The third kappa shape index (κ3) is 1.57. The van der Waals surface area contributed by atoms with Gasteiger partial charge in [-0.2, -0.15) is 0 Å². The van der Waals surface area contributed by atoms with Gasteiger partial charge in [-0.25, -0.2) is 0 Å². The van der Waals surface area contributed by atoms with Gasteiger partial charge in [0, 0.05) is 10.4 Å². The van der Waals surface area contributed by atoms with Crippen LogP contribution in [0.1, 0.15) is 5.56 Å². The summed E-state index contributed by atoms with van der Waals surface area (Å²) >= 11 is 5.03. The molecule has 13 heavy (non-hydrogen) atoms. The van der Waals surface area contributed by atoms with Crippen molar-refractivity contribution >= 4 is 43.0 Å². The van der Waals surface area contributed by atoms with Gasteiger partial charge in [-0.05, 0) is 45.1 Å². The number of hydrogen-bond donors (Lipinski definition) is 2. The van der Waals surface area contributed by atoms with Crippen molar-refractivity contribution in [1.82, 2.24) is 0 Å². The second-order valence-corrected chi connectivity index (χ2v) is 5.26. The Morgan fingerprint density at radius 1 is 1.38 bits per heavy atom. The Balaban J connectivity index is 2.80. The summed E-state index contributed by atoms with van der Waals surface area (Å²) in [5, 5.41) is 10.2. The van der Waals surface area contributed by atoms with E-state index in [1.807, 2.05) is 18.2 Å². The van der Waals surface area contributed by atoms with Crippen LogP contribution in [0, 0.1) is 0 Å². The summed E-state index contributed by atoms with van der Waals surface area (Å²) in [6.45, 7) is 0.0325. The van der Waals surface area contributed by atoms with Crippen molar-refractivity contribution in [3.05, 3.63) is 27.5 Å². The Kier molecular flexibility index (Phi) is 2.27. The highest BCUT2D eigenvalue weighted by Gasteiger charge is 2.05. The predicted molar refractivity (Wildman–Crippen MR) is 59.9 cm³/mol. The lowest BCUT2D eigenvalue weighted by atomic mass is 10.1. The Bertz CT molecular complexity index is 452. The first-order valence-electron chi connectivity index (χ1n) is 3.79. The zero-order valence-corrected chi connectivity index (χ0v) is 9.15. The first-order chi connectivity index (χ1) is 6.20. The molecule has 0 radical (unpaired) electrons. The number of aliphatic hydroxyl groups excluding tert-OH is 1. The molecule has 0 bridgehead atoms. The second-order valence-electron chi connectivity index (χ2n) is 2.80. The van der Waals surface area contributed by atoms with E-state index in [1.165, 1.54) is 0 Å². The number of thiophene rings is 1. The van der Waals surface area contributed by atoms with Gasteiger partial charge in [0.2, 0.25) is 0 Å². The maximum atomic E-state index is 9.10. The number of anilines is 1. The van der Waals surface area contributed by atoms with E-state index in [1.54, 1.807) is 11.3 Å². The van der Waals surface area contributed by atoms with Crippen LogP contribution in [0.25, 0.3) is 10.1 Å². The number of nitrogens with two attached hydrogens (primary N) is 1. The number of nitrogen functional groups attached to an aromatic ring is 1. The topological polar surface area (TPSA) is 46.2 Å². The van der Waals surface area contributed by atoms with Crippen molar-refractivity contribution in [2.24, 2.45) is 0 Å². The molecule has 0 aliphatic rings. The molecular weight excluding hydrogens is 250 g/mol. The number of aliphatic hydroxyl groups is 1. The quantitative estimate of drug-likeness (QED) is 0.772. The minimum absolute atomic E-state index is 0.0325. The molecule has 0 fully saturated rings. The van der Waals surface area contributed by atoms with Gasteiger partial charge in [0.05, 0.1) is 10.4 Å². The summed E-state index contributed by atoms with van der Waals surface area (Å²) in [6, 6.07) is 5.73. The standard InChI is InChI=1S/C9H8BrNOS/c10-9-3-7-5(4-12)1-6(11)2-8(7)13-9/h1-3,12H,4,11H2. The molecule has 0 unspecified atom stereocenters. The van der Waals surface area contributed by atoms with E-state index < -0.39 is 0 Å². The maximum absolute atomic E-state index is 9.10. The van der Waals surface area contributed by atoms with Crippen LogP contribution in [-0.2, 0) is 6.61 Å². The molecule has 0 saturated heterocycles. The molecule has 68 valence electrons. The van der Waals surface area contributed by atoms with E-state index in [4.69, 9.17) is 10.8 Å². The highest BCUT2D eigenvalue weighted by Crippen LogP contribution is 2.33. The highest BCUT2D eigenvalue weighted by molar-refractivity contribution is 9.11. The number of fused-ring (bicyclic) bond motifs is 1. The van der Waals surface area contributed by atoms with E-state index >= 15 is 0 Å². The highest BCUT2D eigenvalue weighted by atomic mass is 79.9. The van der Waals surface area contributed by atoms with E-state index in [0.717, 1.165) is 19.4 Å². The average molecular weight is 258 g/mol. The molecule has 1 aromatic heterocycles. The molecule has 2 aromatic rings. The van der Waals surface area contributed by atoms with Gasteiger partial charge in [-0.3, -0.25) is 0 Å². The average Bonchev–Trinajstić information content (AvgIpc) is 2.43.